The van der Waals surface area contributed by atoms with Crippen LogP contribution < -0.4 is 0 Å². The molecule has 1 aliphatic rings. The molecule has 0 aliphatic heterocycles. The second kappa shape index (κ2) is 12.0. The quantitative estimate of drug-likeness (QED) is 0.383. The van der Waals surface area contributed by atoms with Crippen LogP contribution >= 0.6 is 11.8 Å². The first-order valence-electron chi connectivity index (χ1n) is 9.97. The van der Waals surface area contributed by atoms with Gasteiger partial charge in [-0.3, -0.25) is 0 Å². The molecule has 3 heteroatoms. The van der Waals surface area contributed by atoms with Gasteiger partial charge in [0.25, 0.3) is 0 Å². The van der Waals surface area contributed by atoms with Crippen LogP contribution in [0.3, 0.4) is 0 Å². The summed E-state index contributed by atoms with van der Waals surface area (Å²) < 4.78 is 2.37. The lowest BCUT2D eigenvalue weighted by Crippen LogP contribution is -2.19. The molecule has 132 valence electrons. The Kier molecular flexibility index (Phi) is 9.86. The monoisotopic (exact) mass is 336 g/mol. The van der Waals surface area contributed by atoms with Gasteiger partial charge in [0.2, 0.25) is 0 Å². The van der Waals surface area contributed by atoms with Crippen LogP contribution in [0.1, 0.15) is 90.0 Å². The van der Waals surface area contributed by atoms with E-state index < -0.39 is 0 Å². The summed E-state index contributed by atoms with van der Waals surface area (Å²) in [5, 5.41) is 0. The summed E-state index contributed by atoms with van der Waals surface area (Å²) in [4.78, 5) is 4.27. The fourth-order valence-corrected chi connectivity index (χ4v) is 5.08. The number of nitrogens with zero attached hydrogens (tertiary/aromatic N) is 2. The minimum Gasteiger partial charge on any atom is -0.333 e. The summed E-state index contributed by atoms with van der Waals surface area (Å²) in [6.45, 7) is 2.29. The molecule has 0 N–H and O–H groups in total. The van der Waals surface area contributed by atoms with Crippen molar-refractivity contribution in [2.75, 3.05) is 11.5 Å². The van der Waals surface area contributed by atoms with Gasteiger partial charge in [-0.15, -0.1) is 0 Å². The van der Waals surface area contributed by atoms with Crippen molar-refractivity contribution in [3.63, 3.8) is 0 Å². The van der Waals surface area contributed by atoms with E-state index in [0.29, 0.717) is 6.04 Å². The molecule has 0 aromatic carbocycles. The highest BCUT2D eigenvalue weighted by molar-refractivity contribution is 7.99. The minimum absolute atomic E-state index is 0.680. The minimum atomic E-state index is 0.680. The molecule has 0 amide bonds. The zero-order valence-electron chi connectivity index (χ0n) is 15.1. The Bertz CT molecular complexity index is 371. The lowest BCUT2D eigenvalue weighted by Gasteiger charge is -2.24. The molecular weight excluding hydrogens is 300 g/mol. The molecule has 2 rings (SSSR count). The van der Waals surface area contributed by atoms with Gasteiger partial charge < -0.3 is 4.57 Å². The molecule has 1 unspecified atom stereocenters. The molecule has 1 aliphatic carbocycles. The van der Waals surface area contributed by atoms with Crippen molar-refractivity contribution < 1.29 is 0 Å². The van der Waals surface area contributed by atoms with Crippen molar-refractivity contribution in [3.05, 3.63) is 18.7 Å². The highest BCUT2D eigenvalue weighted by Crippen LogP contribution is 2.36. The molecule has 1 aromatic rings. The first-order valence-corrected chi connectivity index (χ1v) is 11.1. The van der Waals surface area contributed by atoms with Gasteiger partial charge in [0.15, 0.2) is 0 Å². The van der Waals surface area contributed by atoms with E-state index in [-0.39, 0.29) is 0 Å². The van der Waals surface area contributed by atoms with E-state index in [2.05, 4.69) is 34.4 Å². The number of hydrogen-bond donors (Lipinski definition) is 0. The molecule has 23 heavy (non-hydrogen) atoms. The molecule has 2 nitrogen and oxygen atoms in total. The number of thioether (sulfide) groups is 1. The molecule has 1 heterocycles. The van der Waals surface area contributed by atoms with Crippen molar-refractivity contribution in [1.82, 2.24) is 9.55 Å². The topological polar surface area (TPSA) is 17.8 Å². The Hall–Kier alpha value is -0.440. The van der Waals surface area contributed by atoms with Crippen molar-refractivity contribution >= 4 is 11.8 Å². The Labute approximate surface area is 147 Å². The van der Waals surface area contributed by atoms with Crippen LogP contribution in [0.15, 0.2) is 18.7 Å². The maximum atomic E-state index is 4.27. The third kappa shape index (κ3) is 7.32. The lowest BCUT2D eigenvalue weighted by atomic mass is 10.00. The first kappa shape index (κ1) is 18.9. The van der Waals surface area contributed by atoms with E-state index >= 15 is 0 Å². The van der Waals surface area contributed by atoms with Crippen LogP contribution in [-0.2, 0) is 0 Å². The molecule has 1 fully saturated rings. The second-order valence-electron chi connectivity index (χ2n) is 7.17. The maximum absolute atomic E-state index is 4.27. The lowest BCUT2D eigenvalue weighted by molar-refractivity contribution is 0.366. The smallest absolute Gasteiger partial charge is 0.0948 e. The Morgan fingerprint density at radius 2 is 1.74 bits per heavy atom. The van der Waals surface area contributed by atoms with Crippen LogP contribution in [0.25, 0.3) is 0 Å². The molecule has 0 saturated heterocycles. The van der Waals surface area contributed by atoms with E-state index in [1.807, 2.05) is 12.5 Å². The van der Waals surface area contributed by atoms with E-state index in [1.54, 1.807) is 0 Å². The fraction of sp³-hybridized carbons (Fsp3) is 0.850. The van der Waals surface area contributed by atoms with Gasteiger partial charge >= 0.3 is 0 Å². The normalized spacial score (nSPS) is 16.9. The third-order valence-electron chi connectivity index (χ3n) is 5.28. The second-order valence-corrected chi connectivity index (χ2v) is 8.32. The molecular formula is C20H36N2S. The number of aromatic nitrogens is 2. The zero-order valence-corrected chi connectivity index (χ0v) is 15.9. The summed E-state index contributed by atoms with van der Waals surface area (Å²) in [5.41, 5.74) is 0. The number of rotatable bonds is 13. The van der Waals surface area contributed by atoms with Crippen molar-refractivity contribution in [3.8, 4) is 0 Å². The summed E-state index contributed by atoms with van der Waals surface area (Å²) in [7, 11) is 0. The number of unbranched alkanes of at least 4 members (excludes halogenated alkanes) is 7. The van der Waals surface area contributed by atoms with Gasteiger partial charge in [-0.1, -0.05) is 64.7 Å². The van der Waals surface area contributed by atoms with Gasteiger partial charge in [0.1, 0.15) is 0 Å². The number of imidazole rings is 1. The Morgan fingerprint density at radius 3 is 2.39 bits per heavy atom. The largest absolute Gasteiger partial charge is 0.333 e. The fourth-order valence-electron chi connectivity index (χ4n) is 3.82. The standard InChI is InChI=1S/C20H36N2S/c1-2-3-4-5-6-7-8-11-16-23-17-20(19-12-9-10-13-19)22-15-14-21-18-22/h14-15,18-20H,2-13,16-17H2,1H3. The van der Waals surface area contributed by atoms with Crippen LogP contribution in [0, 0.1) is 5.92 Å². The molecule has 1 atom stereocenters. The highest BCUT2D eigenvalue weighted by atomic mass is 32.2. The third-order valence-corrected chi connectivity index (χ3v) is 6.44. The van der Waals surface area contributed by atoms with Crippen LogP contribution in [-0.4, -0.2) is 21.1 Å². The van der Waals surface area contributed by atoms with Gasteiger partial charge in [-0.05, 0) is 30.9 Å². The first-order chi connectivity index (χ1) is 11.4. The molecule has 1 aromatic heterocycles. The average Bonchev–Trinajstić information content (AvgIpc) is 3.26. The van der Waals surface area contributed by atoms with Gasteiger partial charge in [-0.25, -0.2) is 4.98 Å². The average molecular weight is 337 g/mol. The van der Waals surface area contributed by atoms with E-state index in [1.165, 1.54) is 88.6 Å². The summed E-state index contributed by atoms with van der Waals surface area (Å²) in [6.07, 6.45) is 23.2. The zero-order chi connectivity index (χ0) is 16.2. The summed E-state index contributed by atoms with van der Waals surface area (Å²) >= 11 is 2.17. The Balaban J connectivity index is 1.54. The summed E-state index contributed by atoms with van der Waals surface area (Å²) in [5.74, 6) is 3.50. The van der Waals surface area contributed by atoms with Gasteiger partial charge in [0.05, 0.1) is 6.33 Å². The predicted molar refractivity (Wildman–Crippen MR) is 103 cm³/mol. The van der Waals surface area contributed by atoms with Crippen LogP contribution in [0.4, 0.5) is 0 Å². The van der Waals surface area contributed by atoms with Crippen LogP contribution in [0.2, 0.25) is 0 Å². The molecule has 0 bridgehead atoms. The van der Waals surface area contributed by atoms with E-state index in [9.17, 15) is 0 Å². The van der Waals surface area contributed by atoms with E-state index in [4.69, 9.17) is 0 Å². The molecule has 1 saturated carbocycles. The van der Waals surface area contributed by atoms with Crippen molar-refractivity contribution in [1.29, 1.82) is 0 Å². The SMILES string of the molecule is CCCCCCCCCCSCC(C1CCCC1)n1ccnc1. The van der Waals surface area contributed by atoms with Crippen molar-refractivity contribution in [2.24, 2.45) is 5.92 Å². The highest BCUT2D eigenvalue weighted by Gasteiger charge is 2.25. The van der Waals surface area contributed by atoms with Gasteiger partial charge in [0, 0.05) is 24.2 Å². The predicted octanol–water partition coefficient (Wildman–Crippen LogP) is 6.49. The van der Waals surface area contributed by atoms with Crippen molar-refractivity contribution in [2.45, 2.75) is 90.0 Å². The molecule has 0 spiro atoms. The maximum Gasteiger partial charge on any atom is 0.0948 e. The van der Waals surface area contributed by atoms with Crippen LogP contribution in [0.5, 0.6) is 0 Å². The van der Waals surface area contributed by atoms with Gasteiger partial charge in [-0.2, -0.15) is 11.8 Å². The Morgan fingerprint density at radius 1 is 1.04 bits per heavy atom. The summed E-state index contributed by atoms with van der Waals surface area (Å²) in [6, 6.07) is 0.680. The van der Waals surface area contributed by atoms with E-state index in [0.717, 1.165) is 5.92 Å². The molecule has 0 radical (unpaired) electrons. The number of hydrogen-bond acceptors (Lipinski definition) is 2.